The average molecular weight is 272 g/mol. The number of halogens is 3. The molecule has 0 atom stereocenters. The predicted octanol–water partition coefficient (Wildman–Crippen LogP) is 4.06. The summed E-state index contributed by atoms with van der Waals surface area (Å²) in [5, 5.41) is 8.60. The van der Waals surface area contributed by atoms with Crippen LogP contribution in [0.4, 0.5) is 13.2 Å². The molecule has 19 heavy (non-hydrogen) atoms. The van der Waals surface area contributed by atoms with Gasteiger partial charge in [-0.1, -0.05) is 24.8 Å². The smallest absolute Gasteiger partial charge is 0.416 e. The van der Waals surface area contributed by atoms with Crippen molar-refractivity contribution in [3.8, 4) is 0 Å². The van der Waals surface area contributed by atoms with Crippen molar-refractivity contribution in [3.05, 3.63) is 47.5 Å². The standard InChI is InChI=1S/C14H15F3O2/c1-10(13(18)19)5-2-3-6-11-7-4-8-12(9-11)14(15,16)17/h4,7-9H,1-3,5-6H2,(H,18,19). The number of carboxylic acid groups (broad SMARTS) is 1. The lowest BCUT2D eigenvalue weighted by molar-refractivity contribution is -0.137. The Morgan fingerprint density at radius 1 is 1.26 bits per heavy atom. The molecule has 104 valence electrons. The van der Waals surface area contributed by atoms with E-state index in [1.807, 2.05) is 0 Å². The Hall–Kier alpha value is -1.78. The Labute approximate surface area is 109 Å². The van der Waals surface area contributed by atoms with Gasteiger partial charge in [0, 0.05) is 5.57 Å². The van der Waals surface area contributed by atoms with Gasteiger partial charge in [-0.2, -0.15) is 13.2 Å². The molecule has 0 aliphatic carbocycles. The fraction of sp³-hybridized carbons (Fsp3) is 0.357. The van der Waals surface area contributed by atoms with Crippen LogP contribution in [0, 0.1) is 0 Å². The molecule has 0 bridgehead atoms. The lowest BCUT2D eigenvalue weighted by Gasteiger charge is -2.08. The molecule has 0 radical (unpaired) electrons. The number of aryl methyl sites for hydroxylation is 1. The van der Waals surface area contributed by atoms with Gasteiger partial charge in [0.05, 0.1) is 5.56 Å². The van der Waals surface area contributed by atoms with Gasteiger partial charge in [0.15, 0.2) is 0 Å². The molecule has 1 aromatic rings. The van der Waals surface area contributed by atoms with Crippen LogP contribution in [0.25, 0.3) is 0 Å². The Balaban J connectivity index is 2.46. The van der Waals surface area contributed by atoms with E-state index in [1.54, 1.807) is 6.07 Å². The lowest BCUT2D eigenvalue weighted by Crippen LogP contribution is -2.05. The van der Waals surface area contributed by atoms with Gasteiger partial charge in [-0.05, 0) is 37.3 Å². The van der Waals surface area contributed by atoms with Crippen LogP contribution < -0.4 is 0 Å². The SMILES string of the molecule is C=C(CCCCc1cccc(C(F)(F)F)c1)C(=O)O. The maximum absolute atomic E-state index is 12.5. The maximum Gasteiger partial charge on any atom is 0.416 e. The van der Waals surface area contributed by atoms with E-state index in [1.165, 1.54) is 6.07 Å². The molecule has 0 aliphatic rings. The molecule has 0 spiro atoms. The van der Waals surface area contributed by atoms with E-state index >= 15 is 0 Å². The van der Waals surface area contributed by atoms with Crippen molar-refractivity contribution in [1.29, 1.82) is 0 Å². The minimum Gasteiger partial charge on any atom is -0.478 e. The summed E-state index contributed by atoms with van der Waals surface area (Å²) >= 11 is 0. The summed E-state index contributed by atoms with van der Waals surface area (Å²) in [5.41, 5.74) is 0.0831. The second kappa shape index (κ2) is 6.41. The summed E-state index contributed by atoms with van der Waals surface area (Å²) < 4.78 is 37.4. The number of rotatable bonds is 6. The molecule has 1 N–H and O–H groups in total. The van der Waals surface area contributed by atoms with Crippen LogP contribution in [0.2, 0.25) is 0 Å². The van der Waals surface area contributed by atoms with Gasteiger partial charge in [0.25, 0.3) is 0 Å². The zero-order chi connectivity index (χ0) is 14.5. The highest BCUT2D eigenvalue weighted by atomic mass is 19.4. The van der Waals surface area contributed by atoms with Crippen LogP contribution in [-0.4, -0.2) is 11.1 Å². The van der Waals surface area contributed by atoms with Crippen molar-refractivity contribution in [2.45, 2.75) is 31.9 Å². The monoisotopic (exact) mass is 272 g/mol. The maximum atomic E-state index is 12.5. The van der Waals surface area contributed by atoms with Crippen LogP contribution in [0.15, 0.2) is 36.4 Å². The lowest BCUT2D eigenvalue weighted by atomic mass is 10.0. The Morgan fingerprint density at radius 2 is 1.95 bits per heavy atom. The molecule has 2 nitrogen and oxygen atoms in total. The zero-order valence-electron chi connectivity index (χ0n) is 10.3. The predicted molar refractivity (Wildman–Crippen MR) is 65.8 cm³/mol. The average Bonchev–Trinajstić information content (AvgIpc) is 2.33. The van der Waals surface area contributed by atoms with Crippen LogP contribution in [0.1, 0.15) is 30.4 Å². The number of unbranched alkanes of at least 4 members (excludes halogenated alkanes) is 1. The van der Waals surface area contributed by atoms with Gasteiger partial charge >= 0.3 is 12.1 Å². The summed E-state index contributed by atoms with van der Waals surface area (Å²) in [5.74, 6) is -1.03. The van der Waals surface area contributed by atoms with E-state index in [9.17, 15) is 18.0 Å². The molecule has 0 saturated heterocycles. The summed E-state index contributed by atoms with van der Waals surface area (Å²) in [6, 6.07) is 5.19. The second-order valence-corrected chi connectivity index (χ2v) is 4.31. The highest BCUT2D eigenvalue weighted by molar-refractivity contribution is 5.85. The normalized spacial score (nSPS) is 11.3. The number of alkyl halides is 3. The molecule has 0 aliphatic heterocycles. The van der Waals surface area contributed by atoms with Gasteiger partial charge in [-0.15, -0.1) is 0 Å². The molecule has 0 fully saturated rings. The number of carbonyl (C=O) groups is 1. The van der Waals surface area contributed by atoms with Crippen molar-refractivity contribution in [2.24, 2.45) is 0 Å². The summed E-state index contributed by atoms with van der Waals surface area (Å²) in [7, 11) is 0. The summed E-state index contributed by atoms with van der Waals surface area (Å²) in [4.78, 5) is 10.5. The van der Waals surface area contributed by atoms with E-state index in [-0.39, 0.29) is 5.57 Å². The van der Waals surface area contributed by atoms with Gasteiger partial charge in [-0.25, -0.2) is 4.79 Å². The van der Waals surface area contributed by atoms with Crippen LogP contribution >= 0.6 is 0 Å². The van der Waals surface area contributed by atoms with Gasteiger partial charge < -0.3 is 5.11 Å². The van der Waals surface area contributed by atoms with Crippen molar-refractivity contribution in [2.75, 3.05) is 0 Å². The van der Waals surface area contributed by atoms with E-state index in [0.29, 0.717) is 31.2 Å². The Kier molecular flexibility index (Phi) is 5.15. The number of aliphatic carboxylic acids is 1. The van der Waals surface area contributed by atoms with E-state index in [4.69, 9.17) is 5.11 Å². The quantitative estimate of drug-likeness (QED) is 0.626. The van der Waals surface area contributed by atoms with Crippen molar-refractivity contribution < 1.29 is 23.1 Å². The van der Waals surface area contributed by atoms with Crippen molar-refractivity contribution in [3.63, 3.8) is 0 Å². The van der Waals surface area contributed by atoms with Crippen LogP contribution in [0.3, 0.4) is 0 Å². The first kappa shape index (κ1) is 15.3. The molecule has 0 unspecified atom stereocenters. The Morgan fingerprint density at radius 3 is 2.53 bits per heavy atom. The molecule has 1 rings (SSSR count). The fourth-order valence-corrected chi connectivity index (χ4v) is 1.68. The van der Waals surface area contributed by atoms with Gasteiger partial charge in [0.2, 0.25) is 0 Å². The minimum absolute atomic E-state index is 0.129. The van der Waals surface area contributed by atoms with Gasteiger partial charge in [-0.3, -0.25) is 0 Å². The third kappa shape index (κ3) is 5.16. The molecule has 0 heterocycles. The minimum atomic E-state index is -4.33. The molecule has 0 aromatic heterocycles. The highest BCUT2D eigenvalue weighted by Crippen LogP contribution is 2.29. The van der Waals surface area contributed by atoms with E-state index in [0.717, 1.165) is 12.1 Å². The van der Waals surface area contributed by atoms with Crippen LogP contribution in [-0.2, 0) is 17.4 Å². The van der Waals surface area contributed by atoms with Crippen LogP contribution in [0.5, 0.6) is 0 Å². The molecule has 0 amide bonds. The summed E-state index contributed by atoms with van der Waals surface area (Å²) in [6.07, 6.45) is -2.24. The first-order chi connectivity index (χ1) is 8.80. The number of hydrogen-bond donors (Lipinski definition) is 1. The first-order valence-corrected chi connectivity index (χ1v) is 5.88. The second-order valence-electron chi connectivity index (χ2n) is 4.31. The van der Waals surface area contributed by atoms with E-state index in [2.05, 4.69) is 6.58 Å². The third-order valence-electron chi connectivity index (χ3n) is 2.75. The molecule has 0 saturated carbocycles. The number of carboxylic acids is 1. The third-order valence-corrected chi connectivity index (χ3v) is 2.75. The molecular formula is C14H15F3O2. The highest BCUT2D eigenvalue weighted by Gasteiger charge is 2.30. The molecule has 1 aromatic carbocycles. The van der Waals surface area contributed by atoms with Crippen molar-refractivity contribution >= 4 is 5.97 Å². The number of hydrogen-bond acceptors (Lipinski definition) is 1. The molecule has 5 heteroatoms. The fourth-order valence-electron chi connectivity index (χ4n) is 1.68. The van der Waals surface area contributed by atoms with Crippen molar-refractivity contribution in [1.82, 2.24) is 0 Å². The Bertz CT molecular complexity index is 464. The number of benzene rings is 1. The van der Waals surface area contributed by atoms with E-state index < -0.39 is 17.7 Å². The largest absolute Gasteiger partial charge is 0.478 e. The topological polar surface area (TPSA) is 37.3 Å². The zero-order valence-corrected chi connectivity index (χ0v) is 10.3. The molecular weight excluding hydrogens is 257 g/mol. The summed E-state index contributed by atoms with van der Waals surface area (Å²) in [6.45, 7) is 3.40. The van der Waals surface area contributed by atoms with Gasteiger partial charge in [0.1, 0.15) is 0 Å². The first-order valence-electron chi connectivity index (χ1n) is 5.88.